The first kappa shape index (κ1) is 55.1. The molecule has 0 aliphatic rings. The minimum absolute atomic E-state index is 0.0974. The van der Waals surface area contributed by atoms with E-state index in [1.165, 1.54) is 9.80 Å². The van der Waals surface area contributed by atoms with E-state index in [2.05, 4.69) is 21.3 Å². The standard InChI is InChI=1S/C54H68Cl2N8O8/c1-71-39-17-21-45-43(31-39)53(41-19-15-37(55)29-47(41)61-45)59-25-13-9-5-3-7-11-23-57-49(65)33-63(35-51(67)68)27-28-64(36-52(69)70)34-50(66)58-24-12-8-4-6-10-14-26-60-54-42-20-16-38(56)30-48(42)62-46-22-18-40(72-2)32-44(46)54/h15-22,29-32H,3-14,23-28,33-36H2,1-2H3,(H,57,65)(H,58,66)(H,59,61)(H,60,62)(H,67,68)(H,69,70). The summed E-state index contributed by atoms with van der Waals surface area (Å²) in [6, 6.07) is 23.2. The van der Waals surface area contributed by atoms with Crippen LogP contribution >= 0.6 is 23.2 Å². The molecule has 0 bridgehead atoms. The number of hydrogen-bond donors (Lipinski definition) is 6. The quantitative estimate of drug-likeness (QED) is 0.0168. The number of halogens is 2. The zero-order valence-corrected chi connectivity index (χ0v) is 42.9. The number of carbonyl (C=O) groups excluding carboxylic acids is 2. The smallest absolute Gasteiger partial charge is 0.317 e. The van der Waals surface area contributed by atoms with Crippen LogP contribution in [-0.2, 0) is 19.2 Å². The van der Waals surface area contributed by atoms with Crippen LogP contribution in [0.4, 0.5) is 11.4 Å². The molecule has 0 atom stereocenters. The van der Waals surface area contributed by atoms with E-state index in [4.69, 9.17) is 42.6 Å². The fourth-order valence-corrected chi connectivity index (χ4v) is 9.17. The van der Waals surface area contributed by atoms with Crippen LogP contribution in [0.2, 0.25) is 10.0 Å². The molecule has 0 saturated carbocycles. The molecule has 0 fully saturated rings. The monoisotopic (exact) mass is 1030 g/mol. The molecular weight excluding hydrogens is 960 g/mol. The molecule has 0 aliphatic heterocycles. The van der Waals surface area contributed by atoms with Gasteiger partial charge in [-0.25, -0.2) is 9.97 Å². The lowest BCUT2D eigenvalue weighted by Crippen LogP contribution is -2.46. The number of carboxylic acid groups (broad SMARTS) is 2. The molecule has 0 saturated heterocycles. The summed E-state index contributed by atoms with van der Waals surface area (Å²) in [5.41, 5.74) is 5.40. The van der Waals surface area contributed by atoms with Gasteiger partial charge in [-0.15, -0.1) is 0 Å². The molecule has 0 aliphatic carbocycles. The number of aliphatic carboxylic acids is 2. The number of carbonyl (C=O) groups is 4. The molecule has 4 aromatic carbocycles. The molecule has 16 nitrogen and oxygen atoms in total. The maximum Gasteiger partial charge on any atom is 0.317 e. The number of carboxylic acids is 2. The van der Waals surface area contributed by atoms with Gasteiger partial charge >= 0.3 is 11.9 Å². The van der Waals surface area contributed by atoms with E-state index in [0.717, 1.165) is 157 Å². The van der Waals surface area contributed by atoms with Crippen molar-refractivity contribution in [1.29, 1.82) is 0 Å². The van der Waals surface area contributed by atoms with Crippen LogP contribution in [0.15, 0.2) is 72.8 Å². The Morgan fingerprint density at radius 2 is 0.847 bits per heavy atom. The minimum Gasteiger partial charge on any atom is -0.497 e. The van der Waals surface area contributed by atoms with Crippen molar-refractivity contribution in [2.45, 2.75) is 77.0 Å². The van der Waals surface area contributed by atoms with E-state index in [0.29, 0.717) is 23.1 Å². The number of aromatic nitrogens is 2. The van der Waals surface area contributed by atoms with Gasteiger partial charge in [-0.1, -0.05) is 74.6 Å². The number of hydrogen-bond acceptors (Lipinski definition) is 12. The Morgan fingerprint density at radius 1 is 0.472 bits per heavy atom. The molecule has 386 valence electrons. The number of benzene rings is 4. The summed E-state index contributed by atoms with van der Waals surface area (Å²) in [6.45, 7) is 1.61. The average molecular weight is 1030 g/mol. The molecule has 0 spiro atoms. The molecule has 0 radical (unpaired) electrons. The van der Waals surface area contributed by atoms with E-state index < -0.39 is 25.0 Å². The molecule has 6 N–H and O–H groups in total. The number of pyridine rings is 2. The highest BCUT2D eigenvalue weighted by Crippen LogP contribution is 2.36. The third kappa shape index (κ3) is 17.2. The Morgan fingerprint density at radius 3 is 1.22 bits per heavy atom. The van der Waals surface area contributed by atoms with Gasteiger partial charge in [0.2, 0.25) is 11.8 Å². The molecular formula is C54H68Cl2N8O8. The summed E-state index contributed by atoms with van der Waals surface area (Å²) < 4.78 is 11.0. The van der Waals surface area contributed by atoms with Gasteiger partial charge in [0, 0.05) is 70.9 Å². The fourth-order valence-electron chi connectivity index (χ4n) is 8.84. The Labute approximate surface area is 431 Å². The third-order valence-corrected chi connectivity index (χ3v) is 13.0. The lowest BCUT2D eigenvalue weighted by Gasteiger charge is -2.25. The lowest BCUT2D eigenvalue weighted by atomic mass is 10.1. The number of unbranched alkanes of at least 4 members (excludes halogenated alkanes) is 10. The predicted octanol–water partition coefficient (Wildman–Crippen LogP) is 9.62. The van der Waals surface area contributed by atoms with Crippen molar-refractivity contribution in [2.75, 3.05) is 90.3 Å². The topological polar surface area (TPSA) is 208 Å². The van der Waals surface area contributed by atoms with E-state index in [1.54, 1.807) is 14.2 Å². The summed E-state index contributed by atoms with van der Waals surface area (Å²) in [5, 5.41) is 37.4. The lowest BCUT2D eigenvalue weighted by molar-refractivity contribution is -0.141. The summed E-state index contributed by atoms with van der Waals surface area (Å²) in [6.07, 6.45) is 11.6. The van der Waals surface area contributed by atoms with E-state index in [-0.39, 0.29) is 38.0 Å². The maximum absolute atomic E-state index is 12.8. The molecule has 2 aromatic heterocycles. The number of ether oxygens (including phenoxy) is 2. The zero-order chi connectivity index (χ0) is 51.2. The van der Waals surface area contributed by atoms with Crippen LogP contribution in [0.25, 0.3) is 43.6 Å². The van der Waals surface area contributed by atoms with Crippen LogP contribution in [0.5, 0.6) is 11.5 Å². The van der Waals surface area contributed by atoms with Crippen LogP contribution in [0.3, 0.4) is 0 Å². The highest BCUT2D eigenvalue weighted by atomic mass is 35.5. The highest BCUT2D eigenvalue weighted by molar-refractivity contribution is 6.32. The largest absolute Gasteiger partial charge is 0.497 e. The fraction of sp³-hybridized carbons (Fsp3) is 0.444. The van der Waals surface area contributed by atoms with Crippen molar-refractivity contribution in [3.05, 3.63) is 82.8 Å². The predicted molar refractivity (Wildman–Crippen MR) is 288 cm³/mol. The summed E-state index contributed by atoms with van der Waals surface area (Å²) >= 11 is 12.6. The first-order valence-corrected chi connectivity index (χ1v) is 25.7. The van der Waals surface area contributed by atoms with Crippen LogP contribution in [0, 0.1) is 0 Å². The van der Waals surface area contributed by atoms with Crippen LogP contribution in [0.1, 0.15) is 77.0 Å². The average Bonchev–Trinajstić information content (AvgIpc) is 3.35. The molecule has 0 unspecified atom stereocenters. The van der Waals surface area contributed by atoms with Crippen molar-refractivity contribution < 1.29 is 38.9 Å². The summed E-state index contributed by atoms with van der Waals surface area (Å²) in [5.74, 6) is -1.30. The zero-order valence-electron chi connectivity index (χ0n) is 41.4. The van der Waals surface area contributed by atoms with E-state index in [1.807, 2.05) is 72.8 Å². The number of fused-ring (bicyclic) bond motifs is 4. The normalized spacial score (nSPS) is 11.5. The Balaban J connectivity index is 0.817. The Hall–Kier alpha value is -6.20. The molecule has 6 aromatic rings. The Bertz CT molecular complexity index is 2590. The van der Waals surface area contributed by atoms with Crippen LogP contribution in [-0.4, -0.2) is 133 Å². The van der Waals surface area contributed by atoms with Gasteiger partial charge in [-0.2, -0.15) is 0 Å². The minimum atomic E-state index is -1.11. The second-order valence-electron chi connectivity index (χ2n) is 18.1. The van der Waals surface area contributed by atoms with Gasteiger partial charge in [0.1, 0.15) is 11.5 Å². The second kappa shape index (κ2) is 28.7. The first-order chi connectivity index (χ1) is 34.9. The van der Waals surface area contributed by atoms with Gasteiger partial charge in [0.05, 0.1) is 73.8 Å². The number of amides is 2. The molecule has 72 heavy (non-hydrogen) atoms. The van der Waals surface area contributed by atoms with Crippen molar-refractivity contribution in [3.8, 4) is 11.5 Å². The summed E-state index contributed by atoms with van der Waals surface area (Å²) in [4.78, 5) is 61.5. The number of rotatable bonds is 33. The molecule has 18 heteroatoms. The van der Waals surface area contributed by atoms with E-state index >= 15 is 0 Å². The van der Waals surface area contributed by atoms with Crippen molar-refractivity contribution in [3.63, 3.8) is 0 Å². The van der Waals surface area contributed by atoms with Gasteiger partial charge in [0.15, 0.2) is 0 Å². The number of nitrogens with one attached hydrogen (secondary N) is 4. The molecule has 2 heterocycles. The van der Waals surface area contributed by atoms with Crippen molar-refractivity contribution >= 4 is 102 Å². The SMILES string of the molecule is COc1ccc2nc3cc(Cl)ccc3c(NCCCCCCCCNC(=O)CN(CCN(CC(=O)O)CC(=O)NCCCCCCCCNc3c4ccc(Cl)cc4nc4ccc(OC)cc34)CC(=O)O)c2c1. The number of anilines is 2. The summed E-state index contributed by atoms with van der Waals surface area (Å²) in [7, 11) is 3.30. The number of methoxy groups -OCH3 is 2. The third-order valence-electron chi connectivity index (χ3n) is 12.5. The van der Waals surface area contributed by atoms with Gasteiger partial charge < -0.3 is 41.0 Å². The maximum atomic E-state index is 12.8. The first-order valence-electron chi connectivity index (χ1n) is 24.9. The molecule has 6 rings (SSSR count). The second-order valence-corrected chi connectivity index (χ2v) is 18.9. The van der Waals surface area contributed by atoms with Crippen molar-refractivity contribution in [2.24, 2.45) is 0 Å². The van der Waals surface area contributed by atoms with Gasteiger partial charge in [-0.3, -0.25) is 29.0 Å². The van der Waals surface area contributed by atoms with Crippen molar-refractivity contribution in [1.82, 2.24) is 30.4 Å². The number of nitrogens with zero attached hydrogens (tertiary/aromatic N) is 4. The van der Waals surface area contributed by atoms with Gasteiger partial charge in [0.25, 0.3) is 0 Å². The highest BCUT2D eigenvalue weighted by Gasteiger charge is 2.19. The van der Waals surface area contributed by atoms with Crippen LogP contribution < -0.4 is 30.7 Å². The van der Waals surface area contributed by atoms with Gasteiger partial charge in [-0.05, 0) is 98.5 Å². The Kier molecular flexibility index (Phi) is 22.0. The molecule has 2 amide bonds. The van der Waals surface area contributed by atoms with E-state index in [9.17, 15) is 29.4 Å².